The van der Waals surface area contributed by atoms with Crippen LogP contribution in [0.15, 0.2) is 0 Å². The minimum atomic E-state index is 0.105. The first kappa shape index (κ1) is 13.9. The molecular formula is C12H27NO. The van der Waals surface area contributed by atoms with Crippen LogP contribution in [-0.4, -0.2) is 24.8 Å². The highest BCUT2D eigenvalue weighted by Crippen LogP contribution is 2.24. The number of hydrogen-bond acceptors (Lipinski definition) is 2. The van der Waals surface area contributed by atoms with Gasteiger partial charge in [0.1, 0.15) is 0 Å². The van der Waals surface area contributed by atoms with Crippen molar-refractivity contribution in [2.45, 2.75) is 47.0 Å². The molecule has 0 rings (SSSR count). The second-order valence-electron chi connectivity index (χ2n) is 4.51. The van der Waals surface area contributed by atoms with E-state index in [2.05, 4.69) is 33.0 Å². The average Bonchev–Trinajstić information content (AvgIpc) is 2.25. The molecule has 14 heavy (non-hydrogen) atoms. The summed E-state index contributed by atoms with van der Waals surface area (Å²) in [4.78, 5) is 0. The van der Waals surface area contributed by atoms with E-state index in [1.807, 2.05) is 0 Å². The summed E-state index contributed by atoms with van der Waals surface area (Å²) in [5.74, 6) is 0.736. The maximum atomic E-state index is 9.36. The van der Waals surface area contributed by atoms with Crippen molar-refractivity contribution < 1.29 is 5.11 Å². The zero-order valence-electron chi connectivity index (χ0n) is 10.3. The van der Waals surface area contributed by atoms with Gasteiger partial charge in [0.05, 0.1) is 0 Å². The Morgan fingerprint density at radius 2 is 1.79 bits per heavy atom. The molecule has 86 valence electrons. The van der Waals surface area contributed by atoms with Crippen LogP contribution in [0.2, 0.25) is 0 Å². The quantitative estimate of drug-likeness (QED) is 0.632. The molecule has 1 atom stereocenters. The second kappa shape index (κ2) is 7.24. The maximum Gasteiger partial charge on any atom is 0.0499 e. The van der Waals surface area contributed by atoms with Crippen molar-refractivity contribution in [3.05, 3.63) is 0 Å². The van der Waals surface area contributed by atoms with Gasteiger partial charge in [-0.2, -0.15) is 0 Å². The molecule has 0 saturated heterocycles. The van der Waals surface area contributed by atoms with Gasteiger partial charge in [0.15, 0.2) is 0 Å². The molecule has 0 radical (unpaired) electrons. The number of aliphatic hydroxyl groups is 1. The first-order valence-electron chi connectivity index (χ1n) is 5.95. The highest BCUT2D eigenvalue weighted by Gasteiger charge is 2.24. The number of hydrogen-bond donors (Lipinski definition) is 2. The molecule has 0 saturated carbocycles. The molecule has 0 aliphatic carbocycles. The third-order valence-electron chi connectivity index (χ3n) is 3.53. The molecule has 0 aromatic carbocycles. The van der Waals surface area contributed by atoms with E-state index in [0.717, 1.165) is 31.8 Å². The topological polar surface area (TPSA) is 32.3 Å². The Balaban J connectivity index is 3.82. The minimum Gasteiger partial charge on any atom is -0.396 e. The molecule has 0 aromatic rings. The fraction of sp³-hybridized carbons (Fsp3) is 1.00. The van der Waals surface area contributed by atoms with E-state index >= 15 is 0 Å². The van der Waals surface area contributed by atoms with Crippen LogP contribution in [0.5, 0.6) is 0 Å². The lowest BCUT2D eigenvalue weighted by Gasteiger charge is -2.30. The van der Waals surface area contributed by atoms with Gasteiger partial charge < -0.3 is 10.4 Å². The summed E-state index contributed by atoms with van der Waals surface area (Å²) in [6.45, 7) is 11.1. The van der Waals surface area contributed by atoms with E-state index in [1.165, 1.54) is 6.42 Å². The Bertz CT molecular complexity index is 124. The Kier molecular flexibility index (Phi) is 7.20. The predicted molar refractivity (Wildman–Crippen MR) is 62.4 cm³/mol. The van der Waals surface area contributed by atoms with Crippen LogP contribution in [0.25, 0.3) is 0 Å². The lowest BCUT2D eigenvalue weighted by molar-refractivity contribution is 0.112. The molecule has 0 fully saturated rings. The van der Waals surface area contributed by atoms with E-state index in [1.54, 1.807) is 0 Å². The molecule has 2 nitrogen and oxygen atoms in total. The van der Waals surface area contributed by atoms with Crippen molar-refractivity contribution in [2.75, 3.05) is 19.7 Å². The van der Waals surface area contributed by atoms with Gasteiger partial charge in [-0.25, -0.2) is 0 Å². The lowest BCUT2D eigenvalue weighted by atomic mass is 9.83. The molecule has 0 bridgehead atoms. The molecule has 0 aliphatic rings. The first-order chi connectivity index (χ1) is 6.64. The Morgan fingerprint density at radius 1 is 1.21 bits per heavy atom. The fourth-order valence-electron chi connectivity index (χ4n) is 1.51. The SMILES string of the molecule is CCC(C)CNCC(CC)(CC)CO. The van der Waals surface area contributed by atoms with Crippen LogP contribution in [0.1, 0.15) is 47.0 Å². The fourth-order valence-corrected chi connectivity index (χ4v) is 1.51. The van der Waals surface area contributed by atoms with Gasteiger partial charge in [-0.1, -0.05) is 34.1 Å². The predicted octanol–water partition coefficient (Wildman–Crippen LogP) is 2.42. The Hall–Kier alpha value is -0.0800. The van der Waals surface area contributed by atoms with Gasteiger partial charge in [-0.15, -0.1) is 0 Å². The summed E-state index contributed by atoms with van der Waals surface area (Å²) in [7, 11) is 0. The zero-order valence-corrected chi connectivity index (χ0v) is 10.3. The molecule has 0 aliphatic heterocycles. The van der Waals surface area contributed by atoms with E-state index in [-0.39, 0.29) is 5.41 Å². The summed E-state index contributed by atoms with van der Waals surface area (Å²) in [5.41, 5.74) is 0.105. The highest BCUT2D eigenvalue weighted by molar-refractivity contribution is 4.78. The lowest BCUT2D eigenvalue weighted by Crippen LogP contribution is -2.38. The second-order valence-corrected chi connectivity index (χ2v) is 4.51. The first-order valence-corrected chi connectivity index (χ1v) is 5.95. The third-order valence-corrected chi connectivity index (χ3v) is 3.53. The van der Waals surface area contributed by atoms with E-state index in [4.69, 9.17) is 0 Å². The smallest absolute Gasteiger partial charge is 0.0499 e. The van der Waals surface area contributed by atoms with Crippen LogP contribution in [0.4, 0.5) is 0 Å². The van der Waals surface area contributed by atoms with Gasteiger partial charge >= 0.3 is 0 Å². The number of rotatable bonds is 8. The summed E-state index contributed by atoms with van der Waals surface area (Å²) in [6.07, 6.45) is 3.32. The average molecular weight is 201 g/mol. The highest BCUT2D eigenvalue weighted by atomic mass is 16.3. The normalized spacial score (nSPS) is 14.4. The van der Waals surface area contributed by atoms with E-state index < -0.39 is 0 Å². The van der Waals surface area contributed by atoms with Crippen molar-refractivity contribution in [1.29, 1.82) is 0 Å². The van der Waals surface area contributed by atoms with Gasteiger partial charge in [-0.3, -0.25) is 0 Å². The van der Waals surface area contributed by atoms with Crippen molar-refractivity contribution in [1.82, 2.24) is 5.32 Å². The third kappa shape index (κ3) is 4.43. The Labute approximate surface area is 89.1 Å². The van der Waals surface area contributed by atoms with Crippen molar-refractivity contribution in [3.63, 3.8) is 0 Å². The molecule has 1 unspecified atom stereocenters. The van der Waals surface area contributed by atoms with Crippen molar-refractivity contribution in [3.8, 4) is 0 Å². The molecular weight excluding hydrogens is 174 g/mol. The van der Waals surface area contributed by atoms with Gasteiger partial charge in [0, 0.05) is 18.6 Å². The summed E-state index contributed by atoms with van der Waals surface area (Å²) in [6, 6.07) is 0. The van der Waals surface area contributed by atoms with Crippen LogP contribution >= 0.6 is 0 Å². The Morgan fingerprint density at radius 3 is 2.14 bits per heavy atom. The minimum absolute atomic E-state index is 0.105. The monoisotopic (exact) mass is 201 g/mol. The van der Waals surface area contributed by atoms with Crippen molar-refractivity contribution in [2.24, 2.45) is 11.3 Å². The van der Waals surface area contributed by atoms with Gasteiger partial charge in [0.2, 0.25) is 0 Å². The number of aliphatic hydroxyl groups excluding tert-OH is 1. The standard InChI is InChI=1S/C12H27NO/c1-5-11(4)8-13-9-12(6-2,7-3)10-14/h11,13-14H,5-10H2,1-4H3. The largest absolute Gasteiger partial charge is 0.396 e. The van der Waals surface area contributed by atoms with Gasteiger partial charge in [-0.05, 0) is 25.3 Å². The van der Waals surface area contributed by atoms with Crippen molar-refractivity contribution >= 4 is 0 Å². The molecule has 0 amide bonds. The van der Waals surface area contributed by atoms with Gasteiger partial charge in [0.25, 0.3) is 0 Å². The van der Waals surface area contributed by atoms with E-state index in [9.17, 15) is 5.11 Å². The number of nitrogens with one attached hydrogen (secondary N) is 1. The zero-order chi connectivity index (χ0) is 11.0. The molecule has 0 spiro atoms. The van der Waals surface area contributed by atoms with Crippen LogP contribution < -0.4 is 5.32 Å². The van der Waals surface area contributed by atoms with Crippen LogP contribution in [0.3, 0.4) is 0 Å². The van der Waals surface area contributed by atoms with Crippen LogP contribution in [-0.2, 0) is 0 Å². The summed E-state index contributed by atoms with van der Waals surface area (Å²) in [5, 5.41) is 12.8. The molecule has 0 aromatic heterocycles. The molecule has 2 N–H and O–H groups in total. The molecule has 0 heterocycles. The summed E-state index contributed by atoms with van der Waals surface area (Å²) >= 11 is 0. The molecule has 2 heteroatoms. The maximum absolute atomic E-state index is 9.36. The van der Waals surface area contributed by atoms with E-state index in [0.29, 0.717) is 6.61 Å². The summed E-state index contributed by atoms with van der Waals surface area (Å²) < 4.78 is 0. The van der Waals surface area contributed by atoms with Crippen LogP contribution in [0, 0.1) is 11.3 Å².